The second kappa shape index (κ2) is 3.22. The minimum atomic E-state index is 0.333. The minimum absolute atomic E-state index is 0.333. The van der Waals surface area contributed by atoms with E-state index in [0.29, 0.717) is 11.4 Å². The van der Waals surface area contributed by atoms with Crippen LogP contribution in [-0.4, -0.2) is 4.98 Å². The lowest BCUT2D eigenvalue weighted by atomic mass is 10.1. The quantitative estimate of drug-likeness (QED) is 0.677. The Morgan fingerprint density at radius 2 is 2.33 bits per heavy atom. The first-order valence-corrected chi connectivity index (χ1v) is 3.85. The van der Waals surface area contributed by atoms with Crippen LogP contribution in [0.3, 0.4) is 0 Å². The normalized spacial score (nSPS) is 9.42. The van der Waals surface area contributed by atoms with Crippen LogP contribution in [0.5, 0.6) is 0 Å². The highest BCUT2D eigenvalue weighted by Crippen LogP contribution is 2.13. The van der Waals surface area contributed by atoms with Gasteiger partial charge in [0, 0.05) is 5.69 Å². The van der Waals surface area contributed by atoms with E-state index in [0.717, 1.165) is 17.7 Å². The number of rotatable bonds is 1. The first-order chi connectivity index (χ1) is 5.69. The standard InChI is InChI=1S/C9H11N3/c1-3-8-6(2)4-7(5-10)9(11)12-8/h4H,3H2,1-2H3,(H2,11,12). The molecule has 0 saturated heterocycles. The van der Waals surface area contributed by atoms with E-state index >= 15 is 0 Å². The molecular formula is C9H11N3. The Hall–Kier alpha value is -1.56. The molecule has 2 N–H and O–H groups in total. The predicted octanol–water partition coefficient (Wildman–Crippen LogP) is 1.41. The monoisotopic (exact) mass is 161 g/mol. The zero-order valence-corrected chi connectivity index (χ0v) is 7.26. The molecule has 62 valence electrons. The Morgan fingerprint density at radius 3 is 2.83 bits per heavy atom. The van der Waals surface area contributed by atoms with Crippen molar-refractivity contribution < 1.29 is 0 Å². The van der Waals surface area contributed by atoms with Crippen molar-refractivity contribution in [3.63, 3.8) is 0 Å². The number of aromatic nitrogens is 1. The Kier molecular flexibility index (Phi) is 2.29. The molecule has 0 bridgehead atoms. The molecular weight excluding hydrogens is 150 g/mol. The molecule has 1 rings (SSSR count). The maximum atomic E-state index is 8.64. The Balaban J connectivity index is 3.28. The van der Waals surface area contributed by atoms with E-state index < -0.39 is 0 Å². The van der Waals surface area contributed by atoms with Crippen LogP contribution in [0.1, 0.15) is 23.7 Å². The van der Waals surface area contributed by atoms with Gasteiger partial charge in [-0.3, -0.25) is 0 Å². The molecule has 0 aromatic carbocycles. The van der Waals surface area contributed by atoms with Crippen molar-refractivity contribution in [1.29, 1.82) is 5.26 Å². The van der Waals surface area contributed by atoms with Crippen molar-refractivity contribution in [3.05, 3.63) is 22.9 Å². The van der Waals surface area contributed by atoms with Gasteiger partial charge in [-0.25, -0.2) is 4.98 Å². The summed E-state index contributed by atoms with van der Waals surface area (Å²) >= 11 is 0. The Labute approximate surface area is 71.8 Å². The molecule has 1 aromatic rings. The summed E-state index contributed by atoms with van der Waals surface area (Å²) in [5, 5.41) is 8.64. The number of anilines is 1. The average Bonchev–Trinajstić information content (AvgIpc) is 2.08. The number of hydrogen-bond acceptors (Lipinski definition) is 3. The van der Waals surface area contributed by atoms with E-state index in [-0.39, 0.29) is 0 Å². The lowest BCUT2D eigenvalue weighted by Gasteiger charge is -2.03. The summed E-state index contributed by atoms with van der Waals surface area (Å²) in [7, 11) is 0. The smallest absolute Gasteiger partial charge is 0.141 e. The molecule has 0 unspecified atom stereocenters. The largest absolute Gasteiger partial charge is 0.383 e. The molecule has 0 amide bonds. The fraction of sp³-hybridized carbons (Fsp3) is 0.333. The number of nitrogen functional groups attached to an aromatic ring is 1. The van der Waals surface area contributed by atoms with Crippen LogP contribution >= 0.6 is 0 Å². The summed E-state index contributed by atoms with van der Waals surface area (Å²) in [4.78, 5) is 4.12. The summed E-state index contributed by atoms with van der Waals surface area (Å²) < 4.78 is 0. The van der Waals surface area contributed by atoms with E-state index in [9.17, 15) is 0 Å². The van der Waals surface area contributed by atoms with Gasteiger partial charge >= 0.3 is 0 Å². The van der Waals surface area contributed by atoms with Crippen LogP contribution < -0.4 is 5.73 Å². The van der Waals surface area contributed by atoms with Crippen LogP contribution in [0.15, 0.2) is 6.07 Å². The van der Waals surface area contributed by atoms with Crippen molar-refractivity contribution in [2.45, 2.75) is 20.3 Å². The third-order valence-corrected chi connectivity index (χ3v) is 1.80. The maximum absolute atomic E-state index is 8.64. The fourth-order valence-electron chi connectivity index (χ4n) is 1.11. The number of aryl methyl sites for hydroxylation is 2. The van der Waals surface area contributed by atoms with E-state index in [4.69, 9.17) is 11.0 Å². The molecule has 0 saturated carbocycles. The highest BCUT2D eigenvalue weighted by Gasteiger charge is 2.03. The number of hydrogen-bond donors (Lipinski definition) is 1. The molecule has 0 aliphatic carbocycles. The highest BCUT2D eigenvalue weighted by molar-refractivity contribution is 5.50. The van der Waals surface area contributed by atoms with Crippen LogP contribution in [0.4, 0.5) is 5.82 Å². The number of pyridine rings is 1. The van der Waals surface area contributed by atoms with Gasteiger partial charge in [-0.05, 0) is 25.0 Å². The number of nitrogens with two attached hydrogens (primary N) is 1. The molecule has 3 heteroatoms. The van der Waals surface area contributed by atoms with Crippen molar-refractivity contribution in [2.75, 3.05) is 5.73 Å². The van der Waals surface area contributed by atoms with Crippen molar-refractivity contribution in [1.82, 2.24) is 4.98 Å². The van der Waals surface area contributed by atoms with Crippen LogP contribution in [0, 0.1) is 18.3 Å². The summed E-state index contributed by atoms with van der Waals surface area (Å²) in [5.74, 6) is 0.333. The van der Waals surface area contributed by atoms with Gasteiger partial charge in [-0.15, -0.1) is 0 Å². The van der Waals surface area contributed by atoms with Crippen LogP contribution in [0.2, 0.25) is 0 Å². The van der Waals surface area contributed by atoms with Crippen LogP contribution in [0.25, 0.3) is 0 Å². The molecule has 0 spiro atoms. The van der Waals surface area contributed by atoms with Gasteiger partial charge in [0.25, 0.3) is 0 Å². The van der Waals surface area contributed by atoms with Gasteiger partial charge in [0.15, 0.2) is 0 Å². The zero-order chi connectivity index (χ0) is 9.14. The summed E-state index contributed by atoms with van der Waals surface area (Å²) in [6, 6.07) is 3.78. The van der Waals surface area contributed by atoms with Crippen molar-refractivity contribution in [3.8, 4) is 6.07 Å². The third-order valence-electron chi connectivity index (χ3n) is 1.80. The topological polar surface area (TPSA) is 62.7 Å². The Morgan fingerprint density at radius 1 is 1.67 bits per heavy atom. The van der Waals surface area contributed by atoms with Crippen LogP contribution in [-0.2, 0) is 6.42 Å². The summed E-state index contributed by atoms with van der Waals surface area (Å²) in [6.45, 7) is 3.95. The molecule has 1 aromatic heterocycles. The third kappa shape index (κ3) is 1.37. The maximum Gasteiger partial charge on any atom is 0.141 e. The highest BCUT2D eigenvalue weighted by atomic mass is 14.8. The van der Waals surface area contributed by atoms with Gasteiger partial charge in [0.1, 0.15) is 11.9 Å². The van der Waals surface area contributed by atoms with Crippen molar-refractivity contribution in [2.24, 2.45) is 0 Å². The van der Waals surface area contributed by atoms with Crippen molar-refractivity contribution >= 4 is 5.82 Å². The molecule has 12 heavy (non-hydrogen) atoms. The SMILES string of the molecule is CCc1nc(N)c(C#N)cc1C. The van der Waals surface area contributed by atoms with E-state index in [1.807, 2.05) is 19.9 Å². The first-order valence-electron chi connectivity index (χ1n) is 3.85. The summed E-state index contributed by atoms with van der Waals surface area (Å²) in [5.41, 5.74) is 8.00. The molecule has 0 fully saturated rings. The lowest BCUT2D eigenvalue weighted by molar-refractivity contribution is 1.01. The van der Waals surface area contributed by atoms with Gasteiger partial charge in [0.2, 0.25) is 0 Å². The second-order valence-corrected chi connectivity index (χ2v) is 2.65. The van der Waals surface area contributed by atoms with E-state index in [1.165, 1.54) is 0 Å². The molecule has 1 heterocycles. The first kappa shape index (κ1) is 8.54. The Bertz CT molecular complexity index is 336. The fourth-order valence-corrected chi connectivity index (χ4v) is 1.11. The predicted molar refractivity (Wildman–Crippen MR) is 47.5 cm³/mol. The van der Waals surface area contributed by atoms with E-state index in [1.54, 1.807) is 6.07 Å². The molecule has 0 atom stereocenters. The molecule has 0 radical (unpaired) electrons. The van der Waals surface area contributed by atoms with Gasteiger partial charge in [-0.1, -0.05) is 6.92 Å². The molecule has 0 aliphatic heterocycles. The van der Waals surface area contributed by atoms with Gasteiger partial charge in [0.05, 0.1) is 5.56 Å². The number of nitrogens with zero attached hydrogens (tertiary/aromatic N) is 2. The van der Waals surface area contributed by atoms with Gasteiger partial charge in [-0.2, -0.15) is 5.26 Å². The number of nitriles is 1. The average molecular weight is 161 g/mol. The minimum Gasteiger partial charge on any atom is -0.383 e. The summed E-state index contributed by atoms with van der Waals surface area (Å²) in [6.07, 6.45) is 0.849. The zero-order valence-electron chi connectivity index (χ0n) is 7.26. The molecule has 3 nitrogen and oxygen atoms in total. The lowest BCUT2D eigenvalue weighted by Crippen LogP contribution is -2.00. The molecule has 0 aliphatic rings. The van der Waals surface area contributed by atoms with E-state index in [2.05, 4.69) is 4.98 Å². The van der Waals surface area contributed by atoms with Gasteiger partial charge < -0.3 is 5.73 Å². The second-order valence-electron chi connectivity index (χ2n) is 2.65.